The molecule has 1 saturated heterocycles. The van der Waals surface area contributed by atoms with Gasteiger partial charge in [0.25, 0.3) is 0 Å². The molecule has 17 heavy (non-hydrogen) atoms. The minimum absolute atomic E-state index is 0.269. The van der Waals surface area contributed by atoms with Crippen molar-refractivity contribution in [3.05, 3.63) is 29.8 Å². The molecular weight excluding hydrogens is 236 g/mol. The normalized spacial score (nSPS) is 21.3. The fourth-order valence-electron chi connectivity index (χ4n) is 1.96. The zero-order valence-electron chi connectivity index (χ0n) is 9.63. The smallest absolute Gasteiger partial charge is 0.207 e. The monoisotopic (exact) mass is 250 g/mol. The molecule has 1 aliphatic rings. The first-order valence-electron chi connectivity index (χ1n) is 5.54. The predicted molar refractivity (Wildman–Crippen MR) is 63.7 cm³/mol. The Morgan fingerprint density at radius 1 is 1.35 bits per heavy atom. The van der Waals surface area contributed by atoms with Gasteiger partial charge in [-0.25, -0.2) is 8.42 Å². The highest BCUT2D eigenvalue weighted by molar-refractivity contribution is 7.89. The molecule has 0 aromatic heterocycles. The van der Waals surface area contributed by atoms with E-state index in [1.165, 1.54) is 28.6 Å². The molecule has 0 N–H and O–H groups in total. The van der Waals surface area contributed by atoms with Crippen LogP contribution in [0.5, 0.6) is 0 Å². The second-order valence-electron chi connectivity index (χ2n) is 4.39. The van der Waals surface area contributed by atoms with Crippen LogP contribution in [0.3, 0.4) is 0 Å². The molecule has 5 heteroatoms. The number of rotatable bonds is 2. The SMILES string of the molecule is CC1CCN(S(=O)(=O)c2ccc(C#N)cc2)C1. The van der Waals surface area contributed by atoms with Crippen LogP contribution in [-0.2, 0) is 10.0 Å². The zero-order valence-corrected chi connectivity index (χ0v) is 10.4. The summed E-state index contributed by atoms with van der Waals surface area (Å²) in [4.78, 5) is 0.269. The van der Waals surface area contributed by atoms with E-state index in [0.29, 0.717) is 24.6 Å². The third kappa shape index (κ3) is 2.33. The maximum absolute atomic E-state index is 12.2. The zero-order chi connectivity index (χ0) is 12.5. The van der Waals surface area contributed by atoms with E-state index in [1.807, 2.05) is 13.0 Å². The van der Waals surface area contributed by atoms with Gasteiger partial charge in [-0.05, 0) is 36.6 Å². The minimum atomic E-state index is -3.37. The Morgan fingerprint density at radius 2 is 2.00 bits per heavy atom. The Hall–Kier alpha value is -1.38. The summed E-state index contributed by atoms with van der Waals surface area (Å²) in [5.41, 5.74) is 0.471. The highest BCUT2D eigenvalue weighted by Crippen LogP contribution is 2.23. The maximum atomic E-state index is 12.2. The van der Waals surface area contributed by atoms with Gasteiger partial charge in [0, 0.05) is 13.1 Å². The summed E-state index contributed by atoms with van der Waals surface area (Å²) < 4.78 is 26.0. The third-order valence-electron chi connectivity index (χ3n) is 3.01. The maximum Gasteiger partial charge on any atom is 0.243 e. The Kier molecular flexibility index (Phi) is 3.18. The molecule has 4 nitrogen and oxygen atoms in total. The van der Waals surface area contributed by atoms with E-state index in [9.17, 15) is 8.42 Å². The van der Waals surface area contributed by atoms with E-state index in [-0.39, 0.29) is 4.90 Å². The van der Waals surface area contributed by atoms with Crippen molar-refractivity contribution in [2.45, 2.75) is 18.2 Å². The molecular formula is C12H14N2O2S. The lowest BCUT2D eigenvalue weighted by atomic mass is 10.2. The molecule has 0 saturated carbocycles. The summed E-state index contributed by atoms with van der Waals surface area (Å²) in [6.45, 7) is 3.22. The topological polar surface area (TPSA) is 61.2 Å². The average molecular weight is 250 g/mol. The highest BCUT2D eigenvalue weighted by atomic mass is 32.2. The van der Waals surface area contributed by atoms with Gasteiger partial charge in [0.05, 0.1) is 16.5 Å². The predicted octanol–water partition coefficient (Wildman–Crippen LogP) is 1.59. The van der Waals surface area contributed by atoms with Gasteiger partial charge >= 0.3 is 0 Å². The molecule has 1 aliphatic heterocycles. The average Bonchev–Trinajstić information content (AvgIpc) is 2.77. The molecule has 0 spiro atoms. The van der Waals surface area contributed by atoms with E-state index in [4.69, 9.17) is 5.26 Å². The molecule has 0 bridgehead atoms. The van der Waals surface area contributed by atoms with Gasteiger partial charge in [-0.3, -0.25) is 0 Å². The molecule has 1 unspecified atom stereocenters. The summed E-state index contributed by atoms with van der Waals surface area (Å²) in [5.74, 6) is 0.420. The van der Waals surface area contributed by atoms with Crippen LogP contribution in [0.1, 0.15) is 18.9 Å². The van der Waals surface area contributed by atoms with E-state index >= 15 is 0 Å². The number of nitriles is 1. The van der Waals surface area contributed by atoms with Gasteiger partial charge in [-0.15, -0.1) is 0 Å². The van der Waals surface area contributed by atoms with Gasteiger partial charge in [0.15, 0.2) is 0 Å². The first-order chi connectivity index (χ1) is 8.04. The van der Waals surface area contributed by atoms with Crippen molar-refractivity contribution in [2.75, 3.05) is 13.1 Å². The van der Waals surface area contributed by atoms with Crippen molar-refractivity contribution < 1.29 is 8.42 Å². The lowest BCUT2D eigenvalue weighted by Crippen LogP contribution is -2.28. The van der Waals surface area contributed by atoms with Crippen LogP contribution >= 0.6 is 0 Å². The molecule has 0 radical (unpaired) electrons. The largest absolute Gasteiger partial charge is 0.243 e. The summed E-state index contributed by atoms with van der Waals surface area (Å²) in [6, 6.07) is 8.04. The van der Waals surface area contributed by atoms with Crippen molar-refractivity contribution in [2.24, 2.45) is 5.92 Å². The molecule has 2 rings (SSSR count). The summed E-state index contributed by atoms with van der Waals surface area (Å²) in [6.07, 6.45) is 0.912. The van der Waals surface area contributed by atoms with Crippen molar-refractivity contribution in [3.8, 4) is 6.07 Å². The van der Waals surface area contributed by atoms with Gasteiger partial charge in [0.1, 0.15) is 0 Å². The van der Waals surface area contributed by atoms with E-state index in [0.717, 1.165) is 6.42 Å². The van der Waals surface area contributed by atoms with E-state index in [2.05, 4.69) is 0 Å². The molecule has 1 aromatic carbocycles. The van der Waals surface area contributed by atoms with Gasteiger partial charge in [0.2, 0.25) is 10.0 Å². The van der Waals surface area contributed by atoms with Crippen LogP contribution in [0.2, 0.25) is 0 Å². The van der Waals surface area contributed by atoms with Crippen molar-refractivity contribution >= 4 is 10.0 Å². The van der Waals surface area contributed by atoms with Crippen molar-refractivity contribution in [1.29, 1.82) is 5.26 Å². The molecule has 0 amide bonds. The molecule has 1 fully saturated rings. The number of hydrogen-bond acceptors (Lipinski definition) is 3. The van der Waals surface area contributed by atoms with E-state index < -0.39 is 10.0 Å². The number of nitrogens with zero attached hydrogens (tertiary/aromatic N) is 2. The quantitative estimate of drug-likeness (QED) is 0.800. The number of hydrogen-bond donors (Lipinski definition) is 0. The summed E-state index contributed by atoms with van der Waals surface area (Å²) in [5, 5.41) is 8.67. The van der Waals surface area contributed by atoms with Crippen LogP contribution in [0.25, 0.3) is 0 Å². The standard InChI is InChI=1S/C12H14N2O2S/c1-10-6-7-14(9-10)17(15,16)12-4-2-11(8-13)3-5-12/h2-5,10H,6-7,9H2,1H3. The lowest BCUT2D eigenvalue weighted by molar-refractivity contribution is 0.464. The Bertz CT molecular complexity index is 543. The Balaban J connectivity index is 2.29. The second kappa shape index (κ2) is 4.47. The van der Waals surface area contributed by atoms with Crippen molar-refractivity contribution in [1.82, 2.24) is 4.31 Å². The van der Waals surface area contributed by atoms with Gasteiger partial charge in [-0.2, -0.15) is 9.57 Å². The number of sulfonamides is 1. The molecule has 90 valence electrons. The van der Waals surface area contributed by atoms with Crippen molar-refractivity contribution in [3.63, 3.8) is 0 Å². The van der Waals surface area contributed by atoms with E-state index in [1.54, 1.807) is 0 Å². The molecule has 0 aliphatic carbocycles. The molecule has 1 atom stereocenters. The summed E-state index contributed by atoms with van der Waals surface area (Å²) in [7, 11) is -3.37. The first kappa shape index (κ1) is 12.1. The molecule has 1 heterocycles. The summed E-state index contributed by atoms with van der Waals surface area (Å²) >= 11 is 0. The fraction of sp³-hybridized carbons (Fsp3) is 0.417. The fourth-order valence-corrected chi connectivity index (χ4v) is 3.54. The van der Waals surface area contributed by atoms with Gasteiger partial charge < -0.3 is 0 Å². The van der Waals surface area contributed by atoms with Crippen LogP contribution in [-0.4, -0.2) is 25.8 Å². The Labute approximate surface area is 102 Å². The minimum Gasteiger partial charge on any atom is -0.207 e. The first-order valence-corrected chi connectivity index (χ1v) is 6.98. The third-order valence-corrected chi connectivity index (χ3v) is 4.89. The number of benzene rings is 1. The highest BCUT2D eigenvalue weighted by Gasteiger charge is 2.30. The molecule has 1 aromatic rings. The Morgan fingerprint density at radius 3 is 2.47 bits per heavy atom. The lowest BCUT2D eigenvalue weighted by Gasteiger charge is -2.15. The second-order valence-corrected chi connectivity index (χ2v) is 6.33. The van der Waals surface area contributed by atoms with Gasteiger partial charge in [-0.1, -0.05) is 6.92 Å². The van der Waals surface area contributed by atoms with Crippen LogP contribution < -0.4 is 0 Å². The van der Waals surface area contributed by atoms with Crippen LogP contribution in [0, 0.1) is 17.2 Å². The van der Waals surface area contributed by atoms with Crippen LogP contribution in [0.15, 0.2) is 29.2 Å². The van der Waals surface area contributed by atoms with Crippen LogP contribution in [0.4, 0.5) is 0 Å².